The van der Waals surface area contributed by atoms with Crippen LogP contribution in [0.15, 0.2) is 67.3 Å². The highest BCUT2D eigenvalue weighted by atomic mass is 16.4. The van der Waals surface area contributed by atoms with Crippen LogP contribution < -0.4 is 21.7 Å². The zero-order valence-electron chi connectivity index (χ0n) is 23.9. The van der Waals surface area contributed by atoms with Gasteiger partial charge in [0.1, 0.15) is 23.9 Å². The fourth-order valence-electron chi connectivity index (χ4n) is 4.72. The van der Waals surface area contributed by atoms with E-state index in [9.17, 15) is 34.5 Å². The first-order valence-electron chi connectivity index (χ1n) is 13.9. The van der Waals surface area contributed by atoms with Gasteiger partial charge in [0.15, 0.2) is 0 Å². The molecular formula is C30H35N7O7. The van der Waals surface area contributed by atoms with Gasteiger partial charge in [-0.3, -0.25) is 14.4 Å². The molecule has 14 nitrogen and oxygen atoms in total. The zero-order valence-corrected chi connectivity index (χ0v) is 23.9. The lowest BCUT2D eigenvalue weighted by Crippen LogP contribution is -2.60. The topological polar surface area (TPSA) is 236 Å². The summed E-state index contributed by atoms with van der Waals surface area (Å²) in [5.74, 6) is -3.61. The van der Waals surface area contributed by atoms with Gasteiger partial charge >= 0.3 is 5.97 Å². The molecule has 0 saturated carbocycles. The number of aliphatic hydroxyl groups excluding tert-OH is 1. The smallest absolute Gasteiger partial charge is 0.326 e. The minimum absolute atomic E-state index is 0.0289. The van der Waals surface area contributed by atoms with Crippen molar-refractivity contribution < 1.29 is 34.5 Å². The number of aromatic hydroxyl groups is 1. The van der Waals surface area contributed by atoms with E-state index >= 15 is 0 Å². The lowest BCUT2D eigenvalue weighted by molar-refractivity contribution is -0.142. The number of nitrogens with zero attached hydrogens (tertiary/aromatic N) is 1. The minimum Gasteiger partial charge on any atom is -0.508 e. The van der Waals surface area contributed by atoms with E-state index in [2.05, 4.69) is 30.9 Å². The summed E-state index contributed by atoms with van der Waals surface area (Å²) in [5, 5.41) is 38.0. The number of hydrogen-bond donors (Lipinski definition) is 9. The molecule has 2 heterocycles. The minimum atomic E-state index is -1.48. The molecule has 3 amide bonds. The number of carboxylic acids is 1. The number of aliphatic hydroxyl groups is 1. The molecule has 0 fully saturated rings. The van der Waals surface area contributed by atoms with Crippen LogP contribution in [-0.2, 0) is 38.4 Å². The maximum atomic E-state index is 13.5. The van der Waals surface area contributed by atoms with E-state index in [0.29, 0.717) is 16.8 Å². The first-order chi connectivity index (χ1) is 21.0. The lowest BCUT2D eigenvalue weighted by atomic mass is 10.0. The molecule has 232 valence electrons. The van der Waals surface area contributed by atoms with Crippen molar-refractivity contribution in [3.05, 3.63) is 84.1 Å². The summed E-state index contributed by atoms with van der Waals surface area (Å²) in [4.78, 5) is 61.6. The molecule has 0 radical (unpaired) electrons. The Kier molecular flexibility index (Phi) is 10.3. The molecule has 0 aliphatic carbocycles. The number of hydrogen-bond acceptors (Lipinski definition) is 8. The number of aromatic nitrogens is 3. The number of benzene rings is 2. The Morgan fingerprint density at radius 2 is 1.59 bits per heavy atom. The molecule has 0 saturated heterocycles. The van der Waals surface area contributed by atoms with E-state index in [0.717, 1.165) is 10.9 Å². The Morgan fingerprint density at radius 1 is 0.886 bits per heavy atom. The number of aromatic amines is 2. The molecule has 4 rings (SSSR count). The number of imidazole rings is 1. The number of fused-ring (bicyclic) bond motifs is 1. The summed E-state index contributed by atoms with van der Waals surface area (Å²) < 4.78 is 0. The first kappa shape index (κ1) is 31.7. The fraction of sp³-hybridized carbons (Fsp3) is 0.300. The maximum absolute atomic E-state index is 13.5. The lowest BCUT2D eigenvalue weighted by Gasteiger charge is -2.26. The fourth-order valence-corrected chi connectivity index (χ4v) is 4.72. The molecule has 0 spiro atoms. The summed E-state index contributed by atoms with van der Waals surface area (Å²) in [6.07, 6.45) is 3.13. The van der Waals surface area contributed by atoms with E-state index < -0.39 is 54.0 Å². The SMILES string of the molecule is CC(O)C(NC(=O)C(N)Cc1ccc(O)cc1)C(=O)NC(Cc1c[nH]c2ccccc12)C(=O)NC(Cc1cnc[nH]1)C(=O)O. The van der Waals surface area contributed by atoms with Crippen LogP contribution >= 0.6 is 0 Å². The Labute approximate surface area is 252 Å². The van der Waals surface area contributed by atoms with Crippen LogP contribution in [-0.4, -0.2) is 84.2 Å². The molecule has 4 aromatic rings. The van der Waals surface area contributed by atoms with Gasteiger partial charge in [0.05, 0.1) is 18.5 Å². The van der Waals surface area contributed by atoms with Crippen molar-refractivity contribution in [2.24, 2.45) is 5.73 Å². The summed E-state index contributed by atoms with van der Waals surface area (Å²) in [6.45, 7) is 1.30. The Balaban J connectivity index is 1.52. The Morgan fingerprint density at radius 3 is 2.25 bits per heavy atom. The highest BCUT2D eigenvalue weighted by Gasteiger charge is 2.33. The molecule has 0 aliphatic rings. The molecule has 5 unspecified atom stereocenters. The van der Waals surface area contributed by atoms with E-state index in [-0.39, 0.29) is 25.0 Å². The van der Waals surface area contributed by atoms with Crippen LogP contribution in [0.4, 0.5) is 0 Å². The number of carbonyl (C=O) groups excluding carboxylic acids is 3. The standard InChI is InChI=1S/C30H35N7O7/c1-16(38)26(37-27(40)22(31)10-17-6-8-20(39)9-7-17)29(42)35-24(11-18-13-33-23-5-3-2-4-21(18)23)28(41)36-25(30(43)44)12-19-14-32-15-34-19/h2-9,13-16,22,24-26,33,38-39H,10-12,31H2,1H3,(H,32,34)(H,35,42)(H,36,41)(H,37,40)(H,43,44). The molecule has 44 heavy (non-hydrogen) atoms. The number of phenols is 1. The highest BCUT2D eigenvalue weighted by molar-refractivity contribution is 5.95. The summed E-state index contributed by atoms with van der Waals surface area (Å²) in [5.41, 5.74) is 8.67. The number of para-hydroxylation sites is 1. The van der Waals surface area contributed by atoms with Crippen LogP contribution in [0.3, 0.4) is 0 Å². The highest BCUT2D eigenvalue weighted by Crippen LogP contribution is 2.19. The number of nitrogens with two attached hydrogens (primary N) is 1. The Hall–Kier alpha value is -5.21. The normalized spacial score (nSPS) is 14.6. The van der Waals surface area contributed by atoms with Gasteiger partial charge in [0.25, 0.3) is 0 Å². The molecule has 5 atom stereocenters. The number of phenolic OH excluding ortho intramolecular Hbond substituents is 1. The third-order valence-electron chi connectivity index (χ3n) is 7.12. The predicted molar refractivity (Wildman–Crippen MR) is 159 cm³/mol. The third kappa shape index (κ3) is 8.20. The quantitative estimate of drug-likeness (QED) is 0.0929. The molecule has 2 aromatic heterocycles. The van der Waals surface area contributed by atoms with Gasteiger partial charge in [-0.15, -0.1) is 0 Å². The average Bonchev–Trinajstić information content (AvgIpc) is 3.66. The number of rotatable bonds is 14. The number of amides is 3. The molecule has 2 aromatic carbocycles. The van der Waals surface area contributed by atoms with Crippen LogP contribution in [0.5, 0.6) is 5.75 Å². The summed E-state index contributed by atoms with van der Waals surface area (Å²) in [7, 11) is 0. The second-order valence-corrected chi connectivity index (χ2v) is 10.5. The number of carbonyl (C=O) groups is 4. The predicted octanol–water partition coefficient (Wildman–Crippen LogP) is -0.128. The van der Waals surface area contributed by atoms with E-state index in [1.54, 1.807) is 18.3 Å². The van der Waals surface area contributed by atoms with Crippen LogP contribution in [0.1, 0.15) is 23.7 Å². The van der Waals surface area contributed by atoms with Crippen molar-refractivity contribution >= 4 is 34.6 Å². The second-order valence-electron chi connectivity index (χ2n) is 10.5. The summed E-state index contributed by atoms with van der Waals surface area (Å²) >= 11 is 0. The molecule has 10 N–H and O–H groups in total. The number of carboxylic acid groups (broad SMARTS) is 1. The van der Waals surface area contributed by atoms with Gasteiger partial charge < -0.3 is 47.0 Å². The van der Waals surface area contributed by atoms with Gasteiger partial charge in [-0.1, -0.05) is 30.3 Å². The van der Waals surface area contributed by atoms with Crippen molar-refractivity contribution in [2.45, 2.75) is 56.5 Å². The van der Waals surface area contributed by atoms with Crippen LogP contribution in [0, 0.1) is 0 Å². The molecule has 0 bridgehead atoms. The Bertz CT molecular complexity index is 1580. The van der Waals surface area contributed by atoms with Gasteiger partial charge in [0, 0.05) is 41.8 Å². The molecular weight excluding hydrogens is 570 g/mol. The van der Waals surface area contributed by atoms with Gasteiger partial charge in [-0.05, 0) is 42.7 Å². The van der Waals surface area contributed by atoms with Crippen LogP contribution in [0.25, 0.3) is 10.9 Å². The first-order valence-corrected chi connectivity index (χ1v) is 13.9. The van der Waals surface area contributed by atoms with Crippen molar-refractivity contribution in [2.75, 3.05) is 0 Å². The number of H-pyrrole nitrogens is 2. The summed E-state index contributed by atoms with van der Waals surface area (Å²) in [6, 6.07) is 8.26. The zero-order chi connectivity index (χ0) is 31.8. The molecule has 14 heteroatoms. The van der Waals surface area contributed by atoms with Crippen molar-refractivity contribution in [3.63, 3.8) is 0 Å². The van der Waals surface area contributed by atoms with Gasteiger partial charge in [-0.2, -0.15) is 0 Å². The third-order valence-corrected chi connectivity index (χ3v) is 7.12. The number of aliphatic carboxylic acids is 1. The van der Waals surface area contributed by atoms with Crippen LogP contribution in [0.2, 0.25) is 0 Å². The maximum Gasteiger partial charge on any atom is 0.326 e. The van der Waals surface area contributed by atoms with E-state index in [1.165, 1.54) is 31.6 Å². The second kappa shape index (κ2) is 14.3. The van der Waals surface area contributed by atoms with Crippen molar-refractivity contribution in [1.82, 2.24) is 30.9 Å². The number of nitrogens with one attached hydrogen (secondary N) is 5. The van der Waals surface area contributed by atoms with Crippen molar-refractivity contribution in [3.8, 4) is 5.75 Å². The van der Waals surface area contributed by atoms with Crippen molar-refractivity contribution in [1.29, 1.82) is 0 Å². The molecule has 0 aliphatic heterocycles. The van der Waals surface area contributed by atoms with E-state index in [1.807, 2.05) is 24.3 Å². The monoisotopic (exact) mass is 605 g/mol. The average molecular weight is 606 g/mol. The van der Waals surface area contributed by atoms with Gasteiger partial charge in [0.2, 0.25) is 17.7 Å². The largest absolute Gasteiger partial charge is 0.508 e. The van der Waals surface area contributed by atoms with Gasteiger partial charge in [-0.25, -0.2) is 9.78 Å². The van der Waals surface area contributed by atoms with E-state index in [4.69, 9.17) is 5.73 Å².